The van der Waals surface area contributed by atoms with E-state index in [0.29, 0.717) is 19.8 Å². The van der Waals surface area contributed by atoms with E-state index in [9.17, 15) is 0 Å². The first-order chi connectivity index (χ1) is 5.83. The van der Waals surface area contributed by atoms with Crippen LogP contribution < -0.4 is 0 Å². The Bertz CT molecular complexity index is 123. The number of halogens is 1. The van der Waals surface area contributed by atoms with Crippen molar-refractivity contribution in [1.82, 2.24) is 0 Å². The second-order valence-electron chi connectivity index (χ2n) is 2.61. The van der Waals surface area contributed by atoms with Gasteiger partial charge in [0.25, 0.3) is 5.97 Å². The van der Waals surface area contributed by atoms with E-state index in [1.54, 1.807) is 0 Å². The summed E-state index contributed by atoms with van der Waals surface area (Å²) in [4.78, 5) is 0. The van der Waals surface area contributed by atoms with E-state index in [1.807, 2.05) is 6.92 Å². The SMILES string of the molecule is CCOC1(CCCI)OCCO1. The zero-order valence-corrected chi connectivity index (χ0v) is 9.50. The van der Waals surface area contributed by atoms with Gasteiger partial charge >= 0.3 is 0 Å². The Balaban J connectivity index is 2.35. The fourth-order valence-electron chi connectivity index (χ4n) is 1.24. The molecule has 1 saturated heterocycles. The quantitative estimate of drug-likeness (QED) is 0.571. The van der Waals surface area contributed by atoms with E-state index >= 15 is 0 Å². The van der Waals surface area contributed by atoms with Crippen molar-refractivity contribution in [3.05, 3.63) is 0 Å². The van der Waals surface area contributed by atoms with Gasteiger partial charge in [-0.05, 0) is 17.8 Å². The summed E-state index contributed by atoms with van der Waals surface area (Å²) >= 11 is 2.34. The topological polar surface area (TPSA) is 27.7 Å². The molecule has 0 spiro atoms. The Hall–Kier alpha value is 0.610. The van der Waals surface area contributed by atoms with Gasteiger partial charge in [-0.2, -0.15) is 0 Å². The molecule has 0 amide bonds. The smallest absolute Gasteiger partial charge is 0.283 e. The van der Waals surface area contributed by atoms with Crippen molar-refractivity contribution in [2.24, 2.45) is 0 Å². The Kier molecular flexibility index (Phi) is 4.78. The summed E-state index contributed by atoms with van der Waals surface area (Å²) in [5, 5.41) is 0. The lowest BCUT2D eigenvalue weighted by atomic mass is 10.3. The molecule has 12 heavy (non-hydrogen) atoms. The molecule has 0 radical (unpaired) electrons. The first kappa shape index (κ1) is 10.7. The average Bonchev–Trinajstić information content (AvgIpc) is 2.51. The van der Waals surface area contributed by atoms with E-state index in [0.717, 1.165) is 17.3 Å². The summed E-state index contributed by atoms with van der Waals surface area (Å²) in [5.41, 5.74) is 0. The maximum atomic E-state index is 5.44. The fourth-order valence-corrected chi connectivity index (χ4v) is 1.62. The molecule has 4 heteroatoms. The highest BCUT2D eigenvalue weighted by Crippen LogP contribution is 2.26. The Morgan fingerprint density at radius 1 is 1.42 bits per heavy atom. The highest BCUT2D eigenvalue weighted by molar-refractivity contribution is 14.1. The van der Waals surface area contributed by atoms with Crippen LogP contribution in [0.5, 0.6) is 0 Å². The van der Waals surface area contributed by atoms with Crippen LogP contribution >= 0.6 is 22.6 Å². The van der Waals surface area contributed by atoms with Gasteiger partial charge in [0, 0.05) is 13.0 Å². The van der Waals surface area contributed by atoms with Gasteiger partial charge in [-0.1, -0.05) is 22.6 Å². The zero-order chi connectivity index (χ0) is 8.86. The lowest BCUT2D eigenvalue weighted by Crippen LogP contribution is -2.33. The van der Waals surface area contributed by atoms with Crippen LogP contribution in [-0.2, 0) is 14.2 Å². The predicted molar refractivity (Wildman–Crippen MR) is 54.4 cm³/mol. The monoisotopic (exact) mass is 286 g/mol. The molecule has 0 atom stereocenters. The summed E-state index contributed by atoms with van der Waals surface area (Å²) in [6.45, 7) is 3.90. The second-order valence-corrected chi connectivity index (χ2v) is 3.68. The van der Waals surface area contributed by atoms with E-state index in [4.69, 9.17) is 14.2 Å². The maximum Gasteiger partial charge on any atom is 0.283 e. The first-order valence-electron chi connectivity index (χ1n) is 4.31. The molecule has 0 bridgehead atoms. The molecule has 0 unspecified atom stereocenters. The van der Waals surface area contributed by atoms with E-state index in [1.165, 1.54) is 0 Å². The van der Waals surface area contributed by atoms with Gasteiger partial charge in [0.2, 0.25) is 0 Å². The molecule has 3 nitrogen and oxygen atoms in total. The number of ether oxygens (including phenoxy) is 3. The lowest BCUT2D eigenvalue weighted by molar-refractivity contribution is -0.332. The minimum Gasteiger partial charge on any atom is -0.328 e. The van der Waals surface area contributed by atoms with Gasteiger partial charge in [0.1, 0.15) is 0 Å². The number of hydrogen-bond acceptors (Lipinski definition) is 3. The molecular weight excluding hydrogens is 271 g/mol. The third-order valence-electron chi connectivity index (χ3n) is 1.71. The standard InChI is InChI=1S/C8H15IO3/c1-2-10-8(4-3-5-9)11-6-7-12-8/h2-7H2,1H3. The van der Waals surface area contributed by atoms with Crippen molar-refractivity contribution < 1.29 is 14.2 Å². The van der Waals surface area contributed by atoms with Crippen molar-refractivity contribution in [2.45, 2.75) is 25.7 Å². The largest absolute Gasteiger partial charge is 0.328 e. The van der Waals surface area contributed by atoms with Crippen LogP contribution in [0.2, 0.25) is 0 Å². The van der Waals surface area contributed by atoms with Crippen molar-refractivity contribution in [3.8, 4) is 0 Å². The third kappa shape index (κ3) is 2.83. The van der Waals surface area contributed by atoms with Gasteiger partial charge in [0.15, 0.2) is 0 Å². The van der Waals surface area contributed by atoms with Gasteiger partial charge in [0.05, 0.1) is 13.2 Å². The van der Waals surface area contributed by atoms with Crippen LogP contribution in [0.3, 0.4) is 0 Å². The highest BCUT2D eigenvalue weighted by Gasteiger charge is 2.36. The lowest BCUT2D eigenvalue weighted by Gasteiger charge is -2.26. The predicted octanol–water partition coefficient (Wildman–Crippen LogP) is 1.94. The van der Waals surface area contributed by atoms with Crippen molar-refractivity contribution in [3.63, 3.8) is 0 Å². The summed E-state index contributed by atoms with van der Waals surface area (Å²) in [6, 6.07) is 0. The van der Waals surface area contributed by atoms with E-state index < -0.39 is 5.97 Å². The molecule has 0 saturated carbocycles. The Morgan fingerprint density at radius 2 is 2.08 bits per heavy atom. The van der Waals surface area contributed by atoms with E-state index in [-0.39, 0.29) is 0 Å². The Morgan fingerprint density at radius 3 is 2.58 bits per heavy atom. The van der Waals surface area contributed by atoms with Crippen molar-refractivity contribution in [2.75, 3.05) is 24.2 Å². The number of rotatable bonds is 5. The van der Waals surface area contributed by atoms with Crippen LogP contribution in [0.1, 0.15) is 19.8 Å². The molecule has 0 aromatic carbocycles. The fraction of sp³-hybridized carbons (Fsp3) is 1.00. The minimum absolute atomic E-state index is 0.640. The van der Waals surface area contributed by atoms with Gasteiger partial charge in [-0.15, -0.1) is 0 Å². The molecule has 1 fully saturated rings. The Labute approximate surface area is 86.9 Å². The molecule has 1 aliphatic rings. The molecule has 0 aliphatic carbocycles. The molecule has 0 N–H and O–H groups in total. The zero-order valence-electron chi connectivity index (χ0n) is 7.35. The molecule has 0 aromatic rings. The molecular formula is C8H15IO3. The minimum atomic E-state index is -0.708. The third-order valence-corrected chi connectivity index (χ3v) is 2.47. The first-order valence-corrected chi connectivity index (χ1v) is 5.83. The molecule has 1 heterocycles. The van der Waals surface area contributed by atoms with Gasteiger partial charge < -0.3 is 14.2 Å². The number of hydrogen-bond donors (Lipinski definition) is 0. The average molecular weight is 286 g/mol. The van der Waals surface area contributed by atoms with Gasteiger partial charge in [-0.25, -0.2) is 0 Å². The summed E-state index contributed by atoms with van der Waals surface area (Å²) in [5.74, 6) is -0.708. The summed E-state index contributed by atoms with van der Waals surface area (Å²) in [7, 11) is 0. The van der Waals surface area contributed by atoms with Crippen LogP contribution in [0.4, 0.5) is 0 Å². The van der Waals surface area contributed by atoms with Crippen molar-refractivity contribution >= 4 is 22.6 Å². The molecule has 1 aliphatic heterocycles. The highest BCUT2D eigenvalue weighted by atomic mass is 127. The second kappa shape index (κ2) is 5.36. The molecule has 72 valence electrons. The normalized spacial score (nSPS) is 21.5. The van der Waals surface area contributed by atoms with Crippen LogP contribution in [-0.4, -0.2) is 30.2 Å². The summed E-state index contributed by atoms with van der Waals surface area (Å²) < 4.78 is 17.4. The van der Waals surface area contributed by atoms with Crippen LogP contribution in [0, 0.1) is 0 Å². The van der Waals surface area contributed by atoms with Crippen LogP contribution in [0.15, 0.2) is 0 Å². The van der Waals surface area contributed by atoms with Gasteiger partial charge in [-0.3, -0.25) is 0 Å². The number of alkyl halides is 1. The van der Waals surface area contributed by atoms with Crippen molar-refractivity contribution in [1.29, 1.82) is 0 Å². The molecule has 1 rings (SSSR count). The van der Waals surface area contributed by atoms with E-state index in [2.05, 4.69) is 22.6 Å². The molecule has 0 aromatic heterocycles. The summed E-state index contributed by atoms with van der Waals surface area (Å²) in [6.07, 6.45) is 1.91. The van der Waals surface area contributed by atoms with Crippen LogP contribution in [0.25, 0.3) is 0 Å². The maximum absolute atomic E-state index is 5.44.